The normalized spacial score (nSPS) is 18.5. The molecule has 1 aliphatic heterocycles. The number of aromatic nitrogens is 3. The molecule has 0 radical (unpaired) electrons. The Hall–Kier alpha value is -1.73. The molecule has 3 rings (SSSR count). The Morgan fingerprint density at radius 3 is 2.91 bits per heavy atom. The highest BCUT2D eigenvalue weighted by Crippen LogP contribution is 2.36. The molecule has 0 spiro atoms. The van der Waals surface area contributed by atoms with Crippen molar-refractivity contribution in [2.75, 3.05) is 11.9 Å². The standard InChI is InChI=1S/C16H23N5OS/c1-10-15(11(2)20(4)19-10)14-6-5-7-21(14)8-13-9-23-16(18-13)17-12(3)22/h9,14H,5-8H2,1-4H3,(H,17,18,22). The molecular formula is C16H23N5OS. The first-order valence-electron chi connectivity index (χ1n) is 7.92. The van der Waals surface area contributed by atoms with Gasteiger partial charge in [-0.3, -0.25) is 14.4 Å². The molecule has 1 unspecified atom stereocenters. The summed E-state index contributed by atoms with van der Waals surface area (Å²) in [6.45, 7) is 7.63. The van der Waals surface area contributed by atoms with Gasteiger partial charge in [0.05, 0.1) is 11.4 Å². The Kier molecular flexibility index (Phi) is 4.50. The maximum atomic E-state index is 11.1. The lowest BCUT2D eigenvalue weighted by molar-refractivity contribution is -0.114. The van der Waals surface area contributed by atoms with Crippen molar-refractivity contribution >= 4 is 22.4 Å². The van der Waals surface area contributed by atoms with Gasteiger partial charge in [-0.05, 0) is 33.2 Å². The molecule has 1 aliphatic rings. The fourth-order valence-electron chi connectivity index (χ4n) is 3.41. The van der Waals surface area contributed by atoms with E-state index in [0.29, 0.717) is 11.2 Å². The summed E-state index contributed by atoms with van der Waals surface area (Å²) < 4.78 is 1.97. The first-order chi connectivity index (χ1) is 11.0. The highest BCUT2D eigenvalue weighted by molar-refractivity contribution is 7.13. The molecule has 1 saturated heterocycles. The zero-order valence-electron chi connectivity index (χ0n) is 14.1. The molecule has 0 aliphatic carbocycles. The molecule has 7 heteroatoms. The number of anilines is 1. The third-order valence-electron chi connectivity index (χ3n) is 4.46. The summed E-state index contributed by atoms with van der Waals surface area (Å²) in [6.07, 6.45) is 2.36. The third kappa shape index (κ3) is 3.30. The van der Waals surface area contributed by atoms with Gasteiger partial charge in [0, 0.05) is 43.2 Å². The van der Waals surface area contributed by atoms with E-state index >= 15 is 0 Å². The second-order valence-electron chi connectivity index (χ2n) is 6.16. The minimum Gasteiger partial charge on any atom is -0.302 e. The van der Waals surface area contributed by atoms with Gasteiger partial charge in [0.1, 0.15) is 0 Å². The van der Waals surface area contributed by atoms with E-state index in [9.17, 15) is 4.79 Å². The monoisotopic (exact) mass is 333 g/mol. The summed E-state index contributed by atoms with van der Waals surface area (Å²) in [5.74, 6) is -0.0773. The molecule has 2 aromatic heterocycles. The van der Waals surface area contributed by atoms with Crippen LogP contribution in [-0.2, 0) is 18.4 Å². The fourth-order valence-corrected chi connectivity index (χ4v) is 4.16. The first-order valence-corrected chi connectivity index (χ1v) is 8.80. The van der Waals surface area contributed by atoms with Gasteiger partial charge in [-0.25, -0.2) is 4.98 Å². The minimum absolute atomic E-state index is 0.0773. The molecule has 0 saturated carbocycles. The molecule has 6 nitrogen and oxygen atoms in total. The Morgan fingerprint density at radius 1 is 1.48 bits per heavy atom. The summed E-state index contributed by atoms with van der Waals surface area (Å²) in [4.78, 5) is 18.1. The molecule has 0 bridgehead atoms. The Balaban J connectivity index is 1.77. The van der Waals surface area contributed by atoms with Crippen LogP contribution in [0, 0.1) is 13.8 Å². The van der Waals surface area contributed by atoms with Gasteiger partial charge in [-0.1, -0.05) is 0 Å². The summed E-state index contributed by atoms with van der Waals surface area (Å²) in [6, 6.07) is 0.412. The molecule has 124 valence electrons. The Morgan fingerprint density at radius 2 is 2.26 bits per heavy atom. The van der Waals surface area contributed by atoms with Crippen LogP contribution in [0.25, 0.3) is 0 Å². The van der Waals surface area contributed by atoms with Gasteiger partial charge < -0.3 is 5.32 Å². The predicted octanol–water partition coefficient (Wildman–Crippen LogP) is 2.79. The number of hydrogen-bond acceptors (Lipinski definition) is 5. The summed E-state index contributed by atoms with van der Waals surface area (Å²) >= 11 is 1.48. The minimum atomic E-state index is -0.0773. The number of amides is 1. The Bertz CT molecular complexity index is 720. The lowest BCUT2D eigenvalue weighted by Gasteiger charge is -2.24. The van der Waals surface area contributed by atoms with Crippen molar-refractivity contribution in [2.45, 2.75) is 46.2 Å². The summed E-state index contributed by atoms with van der Waals surface area (Å²) in [5, 5.41) is 10.0. The van der Waals surface area contributed by atoms with Gasteiger partial charge >= 0.3 is 0 Å². The van der Waals surface area contributed by atoms with Gasteiger partial charge in [-0.15, -0.1) is 11.3 Å². The van der Waals surface area contributed by atoms with Gasteiger partial charge in [-0.2, -0.15) is 5.10 Å². The summed E-state index contributed by atoms with van der Waals surface area (Å²) in [7, 11) is 2.01. The van der Waals surface area contributed by atoms with Crippen LogP contribution in [0.1, 0.15) is 48.5 Å². The number of rotatable bonds is 4. The highest BCUT2D eigenvalue weighted by atomic mass is 32.1. The number of likely N-dealkylation sites (tertiary alicyclic amines) is 1. The van der Waals surface area contributed by atoms with Crippen LogP contribution >= 0.6 is 11.3 Å². The van der Waals surface area contributed by atoms with Crippen LogP contribution < -0.4 is 5.32 Å². The molecule has 0 aromatic carbocycles. The van der Waals surface area contributed by atoms with Crippen LogP contribution in [0.2, 0.25) is 0 Å². The van der Waals surface area contributed by atoms with Crippen LogP contribution in [0.4, 0.5) is 5.13 Å². The quantitative estimate of drug-likeness (QED) is 0.934. The molecule has 23 heavy (non-hydrogen) atoms. The average molecular weight is 333 g/mol. The van der Waals surface area contributed by atoms with Crippen molar-refractivity contribution in [3.05, 3.63) is 28.0 Å². The molecule has 2 aromatic rings. The molecule has 3 heterocycles. The highest BCUT2D eigenvalue weighted by Gasteiger charge is 2.30. The SMILES string of the molecule is CC(=O)Nc1nc(CN2CCCC2c2c(C)nn(C)c2C)cs1. The zero-order chi connectivity index (χ0) is 16.6. The lowest BCUT2D eigenvalue weighted by Crippen LogP contribution is -2.23. The van der Waals surface area contributed by atoms with Crippen molar-refractivity contribution in [1.82, 2.24) is 19.7 Å². The van der Waals surface area contributed by atoms with Crippen LogP contribution in [0.15, 0.2) is 5.38 Å². The lowest BCUT2D eigenvalue weighted by atomic mass is 10.0. The van der Waals surface area contributed by atoms with Crippen molar-refractivity contribution in [1.29, 1.82) is 0 Å². The number of aryl methyl sites for hydroxylation is 2. The number of nitrogens with zero attached hydrogens (tertiary/aromatic N) is 4. The zero-order valence-corrected chi connectivity index (χ0v) is 14.9. The topological polar surface area (TPSA) is 63.1 Å². The molecule has 1 amide bonds. The van der Waals surface area contributed by atoms with Crippen molar-refractivity contribution in [3.63, 3.8) is 0 Å². The number of hydrogen-bond donors (Lipinski definition) is 1. The number of carbonyl (C=O) groups excluding carboxylic acids is 1. The number of carbonyl (C=O) groups is 1. The maximum absolute atomic E-state index is 11.1. The van der Waals surface area contributed by atoms with E-state index in [2.05, 4.69) is 34.1 Å². The number of thiazole rings is 1. The number of nitrogens with one attached hydrogen (secondary N) is 1. The summed E-state index contributed by atoms with van der Waals surface area (Å²) in [5.41, 5.74) is 4.75. The second-order valence-corrected chi connectivity index (χ2v) is 7.02. The van der Waals surface area contributed by atoms with Crippen LogP contribution in [0.5, 0.6) is 0 Å². The molecule has 1 atom stereocenters. The smallest absolute Gasteiger partial charge is 0.223 e. The van der Waals surface area contributed by atoms with Crippen molar-refractivity contribution in [3.8, 4) is 0 Å². The molecule has 1 N–H and O–H groups in total. The maximum Gasteiger partial charge on any atom is 0.223 e. The second kappa shape index (κ2) is 6.41. The van der Waals surface area contributed by atoms with E-state index in [1.165, 1.54) is 35.9 Å². The molecular weight excluding hydrogens is 310 g/mol. The van der Waals surface area contributed by atoms with E-state index in [1.807, 2.05) is 17.1 Å². The van der Waals surface area contributed by atoms with Crippen molar-refractivity contribution in [2.24, 2.45) is 7.05 Å². The van der Waals surface area contributed by atoms with Crippen LogP contribution in [0.3, 0.4) is 0 Å². The van der Waals surface area contributed by atoms with E-state index in [0.717, 1.165) is 30.9 Å². The largest absolute Gasteiger partial charge is 0.302 e. The predicted molar refractivity (Wildman–Crippen MR) is 91.5 cm³/mol. The molecule has 1 fully saturated rings. The van der Waals surface area contributed by atoms with Crippen LogP contribution in [-0.4, -0.2) is 32.1 Å². The fraction of sp³-hybridized carbons (Fsp3) is 0.562. The average Bonchev–Trinajstić information content (AvgIpc) is 3.14. The van der Waals surface area contributed by atoms with E-state index < -0.39 is 0 Å². The third-order valence-corrected chi connectivity index (χ3v) is 5.27. The van der Waals surface area contributed by atoms with Gasteiger partial charge in [0.15, 0.2) is 5.13 Å². The van der Waals surface area contributed by atoms with E-state index in [-0.39, 0.29) is 5.91 Å². The van der Waals surface area contributed by atoms with Gasteiger partial charge in [0.25, 0.3) is 0 Å². The van der Waals surface area contributed by atoms with E-state index in [4.69, 9.17) is 0 Å². The Labute approximate surface area is 140 Å². The van der Waals surface area contributed by atoms with Crippen molar-refractivity contribution < 1.29 is 4.79 Å². The first kappa shape index (κ1) is 16.1. The van der Waals surface area contributed by atoms with Gasteiger partial charge in [0.2, 0.25) is 5.91 Å². The van der Waals surface area contributed by atoms with E-state index in [1.54, 1.807) is 0 Å².